The Bertz CT molecular complexity index is 504. The topological polar surface area (TPSA) is 50.8 Å². The molecule has 1 atom stereocenters. The minimum absolute atomic E-state index is 0.0937. The fourth-order valence-electron chi connectivity index (χ4n) is 2.67. The smallest absolute Gasteiger partial charge is 0.257 e. The van der Waals surface area contributed by atoms with Crippen LogP contribution in [0.2, 0.25) is 0 Å². The number of benzene rings is 1. The van der Waals surface area contributed by atoms with Crippen molar-refractivity contribution in [2.24, 2.45) is 5.92 Å². The van der Waals surface area contributed by atoms with Crippen molar-refractivity contribution >= 4 is 5.91 Å². The first-order chi connectivity index (χ1) is 11.1. The first-order valence-corrected chi connectivity index (χ1v) is 8.03. The van der Waals surface area contributed by atoms with Crippen molar-refractivity contribution in [2.75, 3.05) is 39.5 Å². The molecule has 1 aliphatic heterocycles. The number of hydrogen-bond donors (Lipinski definition) is 1. The van der Waals surface area contributed by atoms with E-state index in [4.69, 9.17) is 9.47 Å². The van der Waals surface area contributed by atoms with Crippen molar-refractivity contribution in [3.8, 4) is 5.75 Å². The van der Waals surface area contributed by atoms with Gasteiger partial charge in [0.15, 0.2) is 18.2 Å². The molecule has 5 nitrogen and oxygen atoms in total. The Morgan fingerprint density at radius 1 is 1.35 bits per heavy atom. The normalized spacial score (nSPS) is 17.0. The summed E-state index contributed by atoms with van der Waals surface area (Å²) in [6.45, 7) is 7.87. The van der Waals surface area contributed by atoms with Crippen molar-refractivity contribution in [3.63, 3.8) is 0 Å². The maximum atomic E-state index is 13.4. The molecule has 0 aliphatic carbocycles. The standard InChI is InChI=1S/C17H25FN2O3/c1-13(2)15(20-7-9-22-10-8-20)11-19-17(21)12-23-16-6-4-3-5-14(16)18/h3-6,13,15H,7-12H2,1-2H3,(H,19,21). The third kappa shape index (κ3) is 5.48. The first kappa shape index (κ1) is 17.7. The molecule has 0 spiro atoms. The number of carbonyl (C=O) groups is 1. The third-order valence-electron chi connectivity index (χ3n) is 3.99. The lowest BCUT2D eigenvalue weighted by atomic mass is 10.0. The van der Waals surface area contributed by atoms with Crippen LogP contribution >= 0.6 is 0 Å². The van der Waals surface area contributed by atoms with Gasteiger partial charge < -0.3 is 14.8 Å². The second-order valence-electron chi connectivity index (χ2n) is 5.98. The van der Waals surface area contributed by atoms with E-state index in [2.05, 4.69) is 24.1 Å². The predicted molar refractivity (Wildman–Crippen MR) is 85.9 cm³/mol. The van der Waals surface area contributed by atoms with Crippen LogP contribution in [0.3, 0.4) is 0 Å². The van der Waals surface area contributed by atoms with Crippen LogP contribution in [-0.2, 0) is 9.53 Å². The molecule has 1 amide bonds. The number of morpholine rings is 1. The second kappa shape index (κ2) is 8.84. The number of halogens is 1. The molecule has 1 unspecified atom stereocenters. The van der Waals surface area contributed by atoms with Crippen LogP contribution in [0.1, 0.15) is 13.8 Å². The van der Waals surface area contributed by atoms with E-state index in [1.54, 1.807) is 12.1 Å². The van der Waals surface area contributed by atoms with Gasteiger partial charge in [0, 0.05) is 25.7 Å². The summed E-state index contributed by atoms with van der Waals surface area (Å²) in [6.07, 6.45) is 0. The molecule has 1 heterocycles. The molecule has 128 valence electrons. The Balaban J connectivity index is 1.78. The molecule has 1 aromatic rings. The van der Waals surface area contributed by atoms with E-state index in [1.165, 1.54) is 12.1 Å². The SMILES string of the molecule is CC(C)C(CNC(=O)COc1ccccc1F)N1CCOCC1. The van der Waals surface area contributed by atoms with Crippen molar-refractivity contribution in [3.05, 3.63) is 30.1 Å². The summed E-state index contributed by atoms with van der Waals surface area (Å²) in [5, 5.41) is 2.88. The number of ether oxygens (including phenoxy) is 2. The molecule has 1 aromatic carbocycles. The van der Waals surface area contributed by atoms with E-state index in [-0.39, 0.29) is 24.3 Å². The molecule has 1 N–H and O–H groups in total. The highest BCUT2D eigenvalue weighted by molar-refractivity contribution is 5.77. The molecule has 0 radical (unpaired) electrons. The summed E-state index contributed by atoms with van der Waals surface area (Å²) in [6, 6.07) is 6.33. The van der Waals surface area contributed by atoms with E-state index in [0.29, 0.717) is 12.5 Å². The maximum Gasteiger partial charge on any atom is 0.257 e. The van der Waals surface area contributed by atoms with Crippen molar-refractivity contribution in [1.82, 2.24) is 10.2 Å². The summed E-state index contributed by atoms with van der Waals surface area (Å²) in [5.74, 6) is -0.196. The summed E-state index contributed by atoms with van der Waals surface area (Å²) in [7, 11) is 0. The monoisotopic (exact) mass is 324 g/mol. The van der Waals surface area contributed by atoms with Gasteiger partial charge in [-0.15, -0.1) is 0 Å². The second-order valence-corrected chi connectivity index (χ2v) is 5.98. The van der Waals surface area contributed by atoms with Crippen molar-refractivity contribution in [2.45, 2.75) is 19.9 Å². The van der Waals surface area contributed by atoms with Gasteiger partial charge in [-0.25, -0.2) is 4.39 Å². The van der Waals surface area contributed by atoms with Gasteiger partial charge in [0.25, 0.3) is 5.91 Å². The van der Waals surface area contributed by atoms with Crippen LogP contribution in [-0.4, -0.2) is 56.3 Å². The molecule has 2 rings (SSSR count). The van der Waals surface area contributed by atoms with Gasteiger partial charge in [0.1, 0.15) is 0 Å². The highest BCUT2D eigenvalue weighted by atomic mass is 19.1. The molecule has 0 bridgehead atoms. The van der Waals surface area contributed by atoms with Crippen LogP contribution in [0.15, 0.2) is 24.3 Å². The summed E-state index contributed by atoms with van der Waals surface area (Å²) >= 11 is 0. The lowest BCUT2D eigenvalue weighted by molar-refractivity contribution is -0.123. The van der Waals surface area contributed by atoms with E-state index >= 15 is 0 Å². The number of hydrogen-bond acceptors (Lipinski definition) is 4. The fourth-order valence-corrected chi connectivity index (χ4v) is 2.67. The third-order valence-corrected chi connectivity index (χ3v) is 3.99. The number of carbonyl (C=O) groups excluding carboxylic acids is 1. The average Bonchev–Trinajstić information content (AvgIpc) is 2.55. The van der Waals surface area contributed by atoms with Gasteiger partial charge in [-0.2, -0.15) is 0 Å². The van der Waals surface area contributed by atoms with E-state index in [9.17, 15) is 9.18 Å². The van der Waals surface area contributed by atoms with Gasteiger partial charge in [-0.1, -0.05) is 26.0 Å². The molecular weight excluding hydrogens is 299 g/mol. The first-order valence-electron chi connectivity index (χ1n) is 8.03. The lowest BCUT2D eigenvalue weighted by Crippen LogP contribution is -2.51. The Morgan fingerprint density at radius 3 is 2.70 bits per heavy atom. The van der Waals surface area contributed by atoms with Gasteiger partial charge in [-0.05, 0) is 18.1 Å². The summed E-state index contributed by atoms with van der Waals surface area (Å²) in [5.41, 5.74) is 0. The highest BCUT2D eigenvalue weighted by Gasteiger charge is 2.24. The number of amides is 1. The highest BCUT2D eigenvalue weighted by Crippen LogP contribution is 2.15. The van der Waals surface area contributed by atoms with Crippen LogP contribution in [0.5, 0.6) is 5.75 Å². The van der Waals surface area contributed by atoms with Crippen molar-refractivity contribution < 1.29 is 18.7 Å². The molecule has 1 saturated heterocycles. The summed E-state index contributed by atoms with van der Waals surface area (Å²) < 4.78 is 24.0. The number of para-hydroxylation sites is 1. The van der Waals surface area contributed by atoms with Crippen molar-refractivity contribution in [1.29, 1.82) is 0 Å². The zero-order valence-corrected chi connectivity index (χ0v) is 13.8. The molecule has 0 aromatic heterocycles. The fraction of sp³-hybridized carbons (Fsp3) is 0.588. The van der Waals surface area contributed by atoms with Gasteiger partial charge >= 0.3 is 0 Å². The Hall–Kier alpha value is -1.66. The Morgan fingerprint density at radius 2 is 2.04 bits per heavy atom. The van der Waals surface area contributed by atoms with E-state index < -0.39 is 5.82 Å². The predicted octanol–water partition coefficient (Wildman–Crippen LogP) is 1.68. The molecule has 0 saturated carbocycles. The van der Waals surface area contributed by atoms with Crippen LogP contribution < -0.4 is 10.1 Å². The Labute approximate surface area is 136 Å². The molecular formula is C17H25FN2O3. The van der Waals surface area contributed by atoms with Gasteiger partial charge in [0.05, 0.1) is 13.2 Å². The largest absolute Gasteiger partial charge is 0.481 e. The van der Waals surface area contributed by atoms with E-state index in [0.717, 1.165) is 26.3 Å². The Kier molecular flexibility index (Phi) is 6.80. The molecule has 1 fully saturated rings. The zero-order chi connectivity index (χ0) is 16.7. The quantitative estimate of drug-likeness (QED) is 0.829. The number of rotatable bonds is 7. The average molecular weight is 324 g/mol. The van der Waals surface area contributed by atoms with Gasteiger partial charge in [0.2, 0.25) is 0 Å². The molecule has 6 heteroatoms. The summed E-state index contributed by atoms with van der Waals surface area (Å²) in [4.78, 5) is 14.3. The minimum atomic E-state index is -0.464. The lowest BCUT2D eigenvalue weighted by Gasteiger charge is -2.36. The maximum absolute atomic E-state index is 13.4. The minimum Gasteiger partial charge on any atom is -0.481 e. The molecule has 23 heavy (non-hydrogen) atoms. The van der Waals surface area contributed by atoms with Crippen LogP contribution in [0, 0.1) is 11.7 Å². The van der Waals surface area contributed by atoms with Gasteiger partial charge in [-0.3, -0.25) is 9.69 Å². The van der Waals surface area contributed by atoms with E-state index in [1.807, 2.05) is 0 Å². The molecule has 1 aliphatic rings. The number of nitrogens with zero attached hydrogens (tertiary/aromatic N) is 1. The zero-order valence-electron chi connectivity index (χ0n) is 13.8. The van der Waals surface area contributed by atoms with Crippen LogP contribution in [0.25, 0.3) is 0 Å². The van der Waals surface area contributed by atoms with Crippen LogP contribution in [0.4, 0.5) is 4.39 Å². The number of nitrogens with one attached hydrogen (secondary N) is 1.